The maximum atomic E-state index is 12.0. The Morgan fingerprint density at radius 2 is 1.89 bits per heavy atom. The van der Waals surface area contributed by atoms with Crippen molar-refractivity contribution in [1.29, 1.82) is 0 Å². The summed E-state index contributed by atoms with van der Waals surface area (Å²) in [4.78, 5) is 22.3. The fourth-order valence-electron chi connectivity index (χ4n) is 1.59. The molecule has 0 N–H and O–H groups in total. The molecule has 0 aliphatic heterocycles. The van der Waals surface area contributed by atoms with Crippen LogP contribution >= 0.6 is 0 Å². The number of carbonyl (C=O) groups excluding carboxylic acids is 1. The van der Waals surface area contributed by atoms with Crippen molar-refractivity contribution in [3.8, 4) is 0 Å². The summed E-state index contributed by atoms with van der Waals surface area (Å²) in [6.45, 7) is 0. The van der Waals surface area contributed by atoms with Gasteiger partial charge in [0.1, 0.15) is 0 Å². The molecule has 0 amide bonds. The summed E-state index contributed by atoms with van der Waals surface area (Å²) >= 11 is 0. The molecule has 4 heteroatoms. The molecule has 0 spiro atoms. The lowest BCUT2D eigenvalue weighted by atomic mass is 10.1. The van der Waals surface area contributed by atoms with E-state index in [1.807, 2.05) is 49.3 Å². The van der Waals surface area contributed by atoms with E-state index in [9.17, 15) is 4.79 Å². The SMILES string of the molecule is CN(C)c1nccc(CC(=O)c2ccccc2)n1. The van der Waals surface area contributed by atoms with E-state index in [1.165, 1.54) is 0 Å². The lowest BCUT2D eigenvalue weighted by Gasteiger charge is -2.10. The molecule has 0 aliphatic carbocycles. The minimum Gasteiger partial charge on any atom is -0.347 e. The number of hydrogen-bond donors (Lipinski definition) is 0. The van der Waals surface area contributed by atoms with E-state index in [0.29, 0.717) is 17.9 Å². The van der Waals surface area contributed by atoms with Gasteiger partial charge >= 0.3 is 0 Å². The maximum Gasteiger partial charge on any atom is 0.224 e. The largest absolute Gasteiger partial charge is 0.347 e. The van der Waals surface area contributed by atoms with Crippen LogP contribution in [0.5, 0.6) is 0 Å². The van der Waals surface area contributed by atoms with E-state index in [2.05, 4.69) is 9.97 Å². The first-order valence-electron chi connectivity index (χ1n) is 5.74. The van der Waals surface area contributed by atoms with Crippen LogP contribution in [-0.4, -0.2) is 29.8 Å². The van der Waals surface area contributed by atoms with Crippen molar-refractivity contribution in [2.75, 3.05) is 19.0 Å². The van der Waals surface area contributed by atoms with Crippen LogP contribution in [-0.2, 0) is 6.42 Å². The van der Waals surface area contributed by atoms with Gasteiger partial charge in [-0.05, 0) is 6.07 Å². The standard InChI is InChI=1S/C14H15N3O/c1-17(2)14-15-9-8-12(16-14)10-13(18)11-6-4-3-5-7-11/h3-9H,10H2,1-2H3. The van der Waals surface area contributed by atoms with Crippen molar-refractivity contribution in [3.05, 3.63) is 53.9 Å². The van der Waals surface area contributed by atoms with Gasteiger partial charge in [0.15, 0.2) is 5.78 Å². The summed E-state index contributed by atoms with van der Waals surface area (Å²) in [6, 6.07) is 11.0. The van der Waals surface area contributed by atoms with Crippen LogP contribution in [0.4, 0.5) is 5.95 Å². The molecule has 0 unspecified atom stereocenters. The number of benzene rings is 1. The minimum atomic E-state index is 0.0685. The number of nitrogens with zero attached hydrogens (tertiary/aromatic N) is 3. The summed E-state index contributed by atoms with van der Waals surface area (Å²) in [7, 11) is 3.75. The zero-order valence-electron chi connectivity index (χ0n) is 10.5. The zero-order valence-corrected chi connectivity index (χ0v) is 10.5. The third-order valence-corrected chi connectivity index (χ3v) is 2.54. The second-order valence-electron chi connectivity index (χ2n) is 4.21. The second-order valence-corrected chi connectivity index (χ2v) is 4.21. The van der Waals surface area contributed by atoms with E-state index in [4.69, 9.17) is 0 Å². The molecule has 92 valence electrons. The fourth-order valence-corrected chi connectivity index (χ4v) is 1.59. The van der Waals surface area contributed by atoms with Gasteiger partial charge in [-0.3, -0.25) is 4.79 Å². The van der Waals surface area contributed by atoms with Crippen molar-refractivity contribution in [1.82, 2.24) is 9.97 Å². The summed E-state index contributed by atoms with van der Waals surface area (Å²) in [5.74, 6) is 0.687. The Bertz CT molecular complexity index is 538. The Morgan fingerprint density at radius 1 is 1.17 bits per heavy atom. The molecular weight excluding hydrogens is 226 g/mol. The summed E-state index contributed by atoms with van der Waals surface area (Å²) in [6.07, 6.45) is 1.98. The average Bonchev–Trinajstić information content (AvgIpc) is 2.40. The number of hydrogen-bond acceptors (Lipinski definition) is 4. The van der Waals surface area contributed by atoms with E-state index >= 15 is 0 Å². The van der Waals surface area contributed by atoms with Crippen molar-refractivity contribution in [2.24, 2.45) is 0 Å². The molecule has 2 rings (SSSR count). The number of aromatic nitrogens is 2. The van der Waals surface area contributed by atoms with Crippen LogP contribution in [0.3, 0.4) is 0 Å². The number of carbonyl (C=O) groups is 1. The van der Waals surface area contributed by atoms with Gasteiger partial charge in [-0.15, -0.1) is 0 Å². The lowest BCUT2D eigenvalue weighted by Crippen LogP contribution is -2.14. The van der Waals surface area contributed by atoms with Crippen LogP contribution in [0, 0.1) is 0 Å². The lowest BCUT2D eigenvalue weighted by molar-refractivity contribution is 0.0992. The van der Waals surface area contributed by atoms with E-state index in [0.717, 1.165) is 5.69 Å². The molecule has 18 heavy (non-hydrogen) atoms. The Labute approximate surface area is 106 Å². The highest BCUT2D eigenvalue weighted by Crippen LogP contribution is 2.08. The summed E-state index contributed by atoms with van der Waals surface area (Å²) < 4.78 is 0. The first-order chi connectivity index (χ1) is 8.66. The van der Waals surface area contributed by atoms with Crippen LogP contribution < -0.4 is 4.90 Å². The Morgan fingerprint density at radius 3 is 2.56 bits per heavy atom. The first-order valence-corrected chi connectivity index (χ1v) is 5.74. The zero-order chi connectivity index (χ0) is 13.0. The van der Waals surface area contributed by atoms with Crippen molar-refractivity contribution < 1.29 is 4.79 Å². The highest BCUT2D eigenvalue weighted by molar-refractivity contribution is 5.97. The minimum absolute atomic E-state index is 0.0685. The Kier molecular flexibility index (Phi) is 3.67. The van der Waals surface area contributed by atoms with Gasteiger partial charge in [0.05, 0.1) is 12.1 Å². The van der Waals surface area contributed by atoms with Gasteiger partial charge in [0, 0.05) is 25.9 Å². The molecular formula is C14H15N3O. The van der Waals surface area contributed by atoms with E-state index < -0.39 is 0 Å². The second kappa shape index (κ2) is 5.40. The molecule has 1 heterocycles. The molecule has 1 aromatic carbocycles. The normalized spacial score (nSPS) is 10.1. The van der Waals surface area contributed by atoms with Crippen LogP contribution in [0.15, 0.2) is 42.6 Å². The Balaban J connectivity index is 2.15. The van der Waals surface area contributed by atoms with Gasteiger partial charge in [-0.25, -0.2) is 9.97 Å². The average molecular weight is 241 g/mol. The van der Waals surface area contributed by atoms with Crippen LogP contribution in [0.25, 0.3) is 0 Å². The quantitative estimate of drug-likeness (QED) is 0.768. The highest BCUT2D eigenvalue weighted by atomic mass is 16.1. The van der Waals surface area contributed by atoms with Gasteiger partial charge < -0.3 is 4.90 Å². The van der Waals surface area contributed by atoms with E-state index in [1.54, 1.807) is 12.3 Å². The predicted octanol–water partition coefficient (Wildman–Crippen LogP) is 1.97. The van der Waals surface area contributed by atoms with Gasteiger partial charge in [0.2, 0.25) is 5.95 Å². The maximum absolute atomic E-state index is 12.0. The number of anilines is 1. The fraction of sp³-hybridized carbons (Fsp3) is 0.214. The molecule has 0 bridgehead atoms. The predicted molar refractivity (Wildman–Crippen MR) is 70.8 cm³/mol. The molecule has 0 saturated heterocycles. The van der Waals surface area contributed by atoms with Crippen molar-refractivity contribution >= 4 is 11.7 Å². The molecule has 4 nitrogen and oxygen atoms in total. The number of rotatable bonds is 4. The monoisotopic (exact) mass is 241 g/mol. The smallest absolute Gasteiger partial charge is 0.224 e. The first kappa shape index (κ1) is 12.2. The number of Topliss-reactive ketones (excluding diaryl/α,β-unsaturated/α-hetero) is 1. The topological polar surface area (TPSA) is 46.1 Å². The molecule has 0 saturated carbocycles. The molecule has 0 radical (unpaired) electrons. The third kappa shape index (κ3) is 2.91. The summed E-state index contributed by atoms with van der Waals surface area (Å²) in [5, 5.41) is 0. The summed E-state index contributed by atoms with van der Waals surface area (Å²) in [5.41, 5.74) is 1.45. The highest BCUT2D eigenvalue weighted by Gasteiger charge is 2.08. The molecule has 2 aromatic rings. The molecule has 1 aromatic heterocycles. The van der Waals surface area contributed by atoms with Gasteiger partial charge in [-0.1, -0.05) is 30.3 Å². The van der Waals surface area contributed by atoms with Gasteiger partial charge in [0.25, 0.3) is 0 Å². The molecule has 0 atom stereocenters. The van der Waals surface area contributed by atoms with Crippen LogP contribution in [0.2, 0.25) is 0 Å². The van der Waals surface area contributed by atoms with E-state index in [-0.39, 0.29) is 5.78 Å². The number of ketones is 1. The van der Waals surface area contributed by atoms with Crippen molar-refractivity contribution in [2.45, 2.75) is 6.42 Å². The van der Waals surface area contributed by atoms with Crippen molar-refractivity contribution in [3.63, 3.8) is 0 Å². The Hall–Kier alpha value is -2.23. The molecule has 0 aliphatic rings. The third-order valence-electron chi connectivity index (χ3n) is 2.54. The van der Waals surface area contributed by atoms with Gasteiger partial charge in [-0.2, -0.15) is 0 Å². The van der Waals surface area contributed by atoms with Crippen LogP contribution in [0.1, 0.15) is 16.1 Å². The molecule has 0 fully saturated rings.